The maximum atomic E-state index is 12.5. The van der Waals surface area contributed by atoms with Gasteiger partial charge in [0, 0.05) is 6.42 Å². The Labute approximate surface area is 362 Å². The molecule has 0 heterocycles. The van der Waals surface area contributed by atoms with E-state index in [2.05, 4.69) is 43.5 Å². The normalized spacial score (nSPS) is 13.5. The minimum Gasteiger partial charge on any atom is -0.394 e. The van der Waals surface area contributed by atoms with Crippen LogP contribution in [0.3, 0.4) is 0 Å². The number of hydrogen-bond acceptors (Lipinski definition) is 4. The molecule has 0 radical (unpaired) electrons. The summed E-state index contributed by atoms with van der Waals surface area (Å²) < 4.78 is 0. The molecule has 0 aromatic carbocycles. The summed E-state index contributed by atoms with van der Waals surface area (Å²) in [5.74, 6) is -0.155. The average molecular weight is 818 g/mol. The third kappa shape index (κ3) is 42.9. The fraction of sp³-hybridized carbons (Fsp3) is 0.906. The molecule has 0 aliphatic heterocycles. The van der Waals surface area contributed by atoms with Crippen LogP contribution in [0, 0.1) is 0 Å². The second-order valence-corrected chi connectivity index (χ2v) is 18.1. The molecular weight excluding hydrogens is 715 g/mol. The highest BCUT2D eigenvalue weighted by atomic mass is 16.3. The van der Waals surface area contributed by atoms with Gasteiger partial charge in [-0.1, -0.05) is 237 Å². The molecule has 3 atom stereocenters. The molecule has 4 N–H and O–H groups in total. The number of amides is 1. The number of aliphatic hydroxyl groups excluding tert-OH is 3. The van der Waals surface area contributed by atoms with Gasteiger partial charge >= 0.3 is 0 Å². The third-order valence-corrected chi connectivity index (χ3v) is 12.3. The molecule has 0 aromatic heterocycles. The van der Waals surface area contributed by atoms with Gasteiger partial charge in [0.2, 0.25) is 5.91 Å². The summed E-state index contributed by atoms with van der Waals surface area (Å²) in [4.78, 5) is 12.5. The molecule has 0 saturated heterocycles. The van der Waals surface area contributed by atoms with Gasteiger partial charge in [-0.15, -0.1) is 0 Å². The molecule has 0 spiro atoms. The first-order valence-electron chi connectivity index (χ1n) is 26.1. The Morgan fingerprint density at radius 1 is 0.414 bits per heavy atom. The maximum absolute atomic E-state index is 12.5. The lowest BCUT2D eigenvalue weighted by Crippen LogP contribution is -2.50. The van der Waals surface area contributed by atoms with Crippen molar-refractivity contribution in [1.29, 1.82) is 0 Å². The molecule has 0 rings (SSSR count). The second-order valence-electron chi connectivity index (χ2n) is 18.1. The van der Waals surface area contributed by atoms with E-state index in [1.54, 1.807) is 0 Å². The third-order valence-electron chi connectivity index (χ3n) is 12.3. The van der Waals surface area contributed by atoms with Crippen LogP contribution in [0.15, 0.2) is 24.3 Å². The van der Waals surface area contributed by atoms with Crippen LogP contribution in [0.4, 0.5) is 0 Å². The monoisotopic (exact) mass is 818 g/mol. The number of rotatable bonds is 48. The summed E-state index contributed by atoms with van der Waals surface area (Å²) in [7, 11) is 0. The van der Waals surface area contributed by atoms with Crippen molar-refractivity contribution in [2.45, 2.75) is 302 Å². The minimum atomic E-state index is -1.16. The van der Waals surface area contributed by atoms with Gasteiger partial charge in [0.15, 0.2) is 0 Å². The summed E-state index contributed by atoms with van der Waals surface area (Å²) in [5.41, 5.74) is 0. The fourth-order valence-corrected chi connectivity index (χ4v) is 8.22. The van der Waals surface area contributed by atoms with E-state index in [9.17, 15) is 20.1 Å². The summed E-state index contributed by atoms with van der Waals surface area (Å²) in [6.45, 7) is 4.20. The molecule has 0 saturated carbocycles. The van der Waals surface area contributed by atoms with Crippen molar-refractivity contribution in [2.24, 2.45) is 0 Å². The van der Waals surface area contributed by atoms with Crippen LogP contribution in [0.1, 0.15) is 284 Å². The Kier molecular flexibility index (Phi) is 47.5. The van der Waals surface area contributed by atoms with Gasteiger partial charge in [0.1, 0.15) is 6.10 Å². The van der Waals surface area contributed by atoms with E-state index < -0.39 is 18.2 Å². The predicted molar refractivity (Wildman–Crippen MR) is 255 cm³/mol. The molecule has 0 aliphatic carbocycles. The lowest BCUT2D eigenvalue weighted by Gasteiger charge is -2.26. The number of hydrogen-bond donors (Lipinski definition) is 4. The number of carbonyl (C=O) groups excluding carboxylic acids is 1. The SMILES string of the molecule is CCCCCCCCCCCC/C=C\CCCCCCCCCC(=O)NC(CO)C(O)C(O)CCC/C=C/CCCCCCCCCCCCCCCCCCCC. The van der Waals surface area contributed by atoms with Crippen molar-refractivity contribution in [3.05, 3.63) is 24.3 Å². The zero-order chi connectivity index (χ0) is 42.3. The van der Waals surface area contributed by atoms with Crippen LogP contribution < -0.4 is 5.32 Å². The topological polar surface area (TPSA) is 89.8 Å². The van der Waals surface area contributed by atoms with Crippen LogP contribution in [-0.2, 0) is 4.79 Å². The highest BCUT2D eigenvalue weighted by Gasteiger charge is 2.26. The van der Waals surface area contributed by atoms with E-state index >= 15 is 0 Å². The Bertz CT molecular complexity index is 859. The molecule has 0 aliphatic rings. The molecule has 58 heavy (non-hydrogen) atoms. The zero-order valence-corrected chi connectivity index (χ0v) is 39.2. The number of carbonyl (C=O) groups is 1. The largest absolute Gasteiger partial charge is 0.394 e. The highest BCUT2D eigenvalue weighted by Crippen LogP contribution is 2.17. The summed E-state index contributed by atoms with van der Waals surface area (Å²) in [6.07, 6.45) is 60.3. The molecular formula is C53H103NO4. The molecule has 0 aromatic rings. The minimum absolute atomic E-state index is 0.155. The van der Waals surface area contributed by atoms with Crippen LogP contribution in [0.5, 0.6) is 0 Å². The first kappa shape index (κ1) is 56.8. The fourth-order valence-electron chi connectivity index (χ4n) is 8.22. The molecule has 1 amide bonds. The first-order valence-corrected chi connectivity index (χ1v) is 26.1. The van der Waals surface area contributed by atoms with Gasteiger partial charge in [-0.3, -0.25) is 4.79 Å². The van der Waals surface area contributed by atoms with Gasteiger partial charge in [0.25, 0.3) is 0 Å². The molecule has 344 valence electrons. The summed E-state index contributed by atoms with van der Waals surface area (Å²) >= 11 is 0. The van der Waals surface area contributed by atoms with E-state index in [0.29, 0.717) is 12.8 Å². The lowest BCUT2D eigenvalue weighted by atomic mass is 10.0. The number of nitrogens with one attached hydrogen (secondary N) is 1. The zero-order valence-electron chi connectivity index (χ0n) is 39.2. The van der Waals surface area contributed by atoms with Crippen molar-refractivity contribution in [2.75, 3.05) is 6.61 Å². The molecule has 0 fully saturated rings. The van der Waals surface area contributed by atoms with E-state index in [1.807, 2.05) is 0 Å². The van der Waals surface area contributed by atoms with Crippen LogP contribution in [0.25, 0.3) is 0 Å². The maximum Gasteiger partial charge on any atom is 0.220 e. The van der Waals surface area contributed by atoms with Crippen molar-refractivity contribution in [3.8, 4) is 0 Å². The highest BCUT2D eigenvalue weighted by molar-refractivity contribution is 5.76. The number of unbranched alkanes of at least 4 members (excludes halogenated alkanes) is 36. The lowest BCUT2D eigenvalue weighted by molar-refractivity contribution is -0.124. The Morgan fingerprint density at radius 3 is 1.00 bits per heavy atom. The summed E-state index contributed by atoms with van der Waals surface area (Å²) in [6, 6.07) is -0.827. The Hall–Kier alpha value is -1.17. The van der Waals surface area contributed by atoms with Gasteiger partial charge in [0.05, 0.1) is 18.8 Å². The van der Waals surface area contributed by atoms with Crippen molar-refractivity contribution in [3.63, 3.8) is 0 Å². The van der Waals surface area contributed by atoms with Gasteiger partial charge in [-0.2, -0.15) is 0 Å². The quantitative estimate of drug-likeness (QED) is 0.0364. The van der Waals surface area contributed by atoms with Gasteiger partial charge < -0.3 is 20.6 Å². The van der Waals surface area contributed by atoms with Crippen molar-refractivity contribution in [1.82, 2.24) is 5.32 Å². The average Bonchev–Trinajstić information content (AvgIpc) is 3.23. The van der Waals surface area contributed by atoms with E-state index in [-0.39, 0.29) is 12.5 Å². The van der Waals surface area contributed by atoms with Crippen LogP contribution >= 0.6 is 0 Å². The smallest absolute Gasteiger partial charge is 0.220 e. The molecule has 5 heteroatoms. The van der Waals surface area contributed by atoms with Crippen LogP contribution in [0.2, 0.25) is 0 Å². The number of aliphatic hydroxyl groups is 3. The summed E-state index contributed by atoms with van der Waals surface area (Å²) in [5, 5.41) is 33.7. The van der Waals surface area contributed by atoms with E-state index in [4.69, 9.17) is 0 Å². The Balaban J connectivity index is 3.60. The predicted octanol–water partition coefficient (Wildman–Crippen LogP) is 15.7. The molecule has 0 bridgehead atoms. The van der Waals surface area contributed by atoms with E-state index in [0.717, 1.165) is 38.5 Å². The van der Waals surface area contributed by atoms with Crippen molar-refractivity contribution < 1.29 is 20.1 Å². The van der Waals surface area contributed by atoms with Gasteiger partial charge in [-0.25, -0.2) is 0 Å². The van der Waals surface area contributed by atoms with Crippen molar-refractivity contribution >= 4 is 5.91 Å². The number of allylic oxidation sites excluding steroid dienone is 4. The molecule has 5 nitrogen and oxygen atoms in total. The van der Waals surface area contributed by atoms with Gasteiger partial charge in [-0.05, 0) is 64.2 Å². The first-order chi connectivity index (χ1) is 28.6. The van der Waals surface area contributed by atoms with Crippen LogP contribution in [-0.4, -0.2) is 46.1 Å². The second kappa shape index (κ2) is 48.5. The molecule has 3 unspecified atom stereocenters. The standard InChI is InChI=1S/C53H103NO4/c1-3-5-7-9-11-13-15-17-19-21-23-25-26-28-29-31-33-35-37-39-41-43-45-47-51(56)53(58)50(49-55)54-52(57)48-46-44-42-40-38-36-34-32-30-27-24-22-20-18-16-14-12-10-8-6-4-2/h27,30,39,41,50-51,53,55-56,58H,3-26,28-29,31-38,40,42-49H2,1-2H3,(H,54,57)/b30-27-,41-39+. The Morgan fingerprint density at radius 2 is 0.690 bits per heavy atom. The van der Waals surface area contributed by atoms with E-state index in [1.165, 1.54) is 218 Å².